The standard InChI is InChI=1S/C29H51N4O9P/c1-6-8-27(38)9-7-16-30-43(41,42)33(21-14-28(39)31(17-10-23(2)34)18-11-24(3)35)22-15-29(40)32(19-12-25(4)36)20-13-26(5)37/h6-22H2,1-5H3,(H2,30,41,42). The van der Waals surface area contributed by atoms with Crippen molar-refractivity contribution in [3.63, 3.8) is 0 Å². The molecular weight excluding hydrogens is 579 g/mol. The first-order valence-corrected chi connectivity index (χ1v) is 16.6. The number of rotatable bonds is 26. The molecule has 0 radical (unpaired) electrons. The van der Waals surface area contributed by atoms with Crippen LogP contribution in [0.2, 0.25) is 0 Å². The van der Waals surface area contributed by atoms with Crippen molar-refractivity contribution >= 4 is 48.4 Å². The number of nitrogens with one attached hydrogen (secondary N) is 1. The molecule has 0 heterocycles. The van der Waals surface area contributed by atoms with Gasteiger partial charge in [-0.3, -0.25) is 38.1 Å². The highest BCUT2D eigenvalue weighted by atomic mass is 31.2. The highest BCUT2D eigenvalue weighted by Crippen LogP contribution is 2.40. The van der Waals surface area contributed by atoms with E-state index in [1.807, 2.05) is 6.92 Å². The first-order chi connectivity index (χ1) is 20.1. The Labute approximate surface area is 255 Å². The number of carbonyl (C=O) groups is 7. The number of hydrogen-bond donors (Lipinski definition) is 2. The summed E-state index contributed by atoms with van der Waals surface area (Å²) < 4.78 is 14.5. The molecule has 13 nitrogen and oxygen atoms in total. The first-order valence-electron chi connectivity index (χ1n) is 15.0. The van der Waals surface area contributed by atoms with Crippen LogP contribution in [0.5, 0.6) is 0 Å². The Morgan fingerprint density at radius 2 is 0.953 bits per heavy atom. The lowest BCUT2D eigenvalue weighted by molar-refractivity contribution is -0.133. The summed E-state index contributed by atoms with van der Waals surface area (Å²) in [5, 5.41) is 2.58. The molecule has 1 atom stereocenters. The van der Waals surface area contributed by atoms with Gasteiger partial charge < -0.3 is 14.7 Å². The van der Waals surface area contributed by atoms with Crippen LogP contribution in [0.4, 0.5) is 0 Å². The zero-order valence-corrected chi connectivity index (χ0v) is 27.4. The Morgan fingerprint density at radius 3 is 1.28 bits per heavy atom. The summed E-state index contributed by atoms with van der Waals surface area (Å²) >= 11 is 0. The second-order valence-electron chi connectivity index (χ2n) is 10.9. The molecule has 0 spiro atoms. The van der Waals surface area contributed by atoms with Crippen LogP contribution in [0, 0.1) is 0 Å². The lowest BCUT2D eigenvalue weighted by Crippen LogP contribution is -2.39. The van der Waals surface area contributed by atoms with Gasteiger partial charge in [0.05, 0.1) is 0 Å². The van der Waals surface area contributed by atoms with Crippen molar-refractivity contribution in [3.8, 4) is 0 Å². The number of hydrogen-bond acceptors (Lipinski definition) is 8. The van der Waals surface area contributed by atoms with Gasteiger partial charge in [0.2, 0.25) is 11.8 Å². The third kappa shape index (κ3) is 20.1. The SMILES string of the molecule is CCCC(=O)CCCNP(=O)(O)N(CCC(=O)N(CCC(C)=O)CCC(C)=O)CCC(=O)N(CCC(C)=O)CCC(C)=O. The number of amides is 2. The molecule has 0 aliphatic rings. The zero-order chi connectivity index (χ0) is 33.0. The molecule has 2 N–H and O–H groups in total. The first kappa shape index (κ1) is 40.4. The number of ketones is 5. The van der Waals surface area contributed by atoms with Gasteiger partial charge in [0.25, 0.3) is 0 Å². The van der Waals surface area contributed by atoms with E-state index >= 15 is 0 Å². The molecule has 0 rings (SSSR count). The molecule has 0 aromatic heterocycles. The molecule has 14 heteroatoms. The van der Waals surface area contributed by atoms with E-state index in [4.69, 9.17) is 0 Å². The summed E-state index contributed by atoms with van der Waals surface area (Å²) in [6.07, 6.45) is 1.75. The van der Waals surface area contributed by atoms with Crippen LogP contribution in [0.1, 0.15) is 98.8 Å². The fourth-order valence-electron chi connectivity index (χ4n) is 4.05. The van der Waals surface area contributed by atoms with Crippen LogP contribution in [-0.4, -0.2) is 106 Å². The third-order valence-electron chi connectivity index (χ3n) is 6.67. The largest absolute Gasteiger partial charge is 0.342 e. The molecule has 1 unspecified atom stereocenters. The van der Waals surface area contributed by atoms with Crippen molar-refractivity contribution < 1.29 is 43.0 Å². The maximum absolute atomic E-state index is 13.4. The zero-order valence-electron chi connectivity index (χ0n) is 26.5. The van der Waals surface area contributed by atoms with E-state index in [9.17, 15) is 43.0 Å². The molecule has 0 aliphatic carbocycles. The average Bonchev–Trinajstić information content (AvgIpc) is 2.90. The Bertz CT molecular complexity index is 926. The summed E-state index contributed by atoms with van der Waals surface area (Å²) in [5.74, 6) is -1.26. The fraction of sp³-hybridized carbons (Fsp3) is 0.759. The maximum atomic E-state index is 13.4. The molecule has 2 amide bonds. The molecule has 0 fully saturated rings. The van der Waals surface area contributed by atoms with Crippen molar-refractivity contribution in [3.05, 3.63) is 0 Å². The van der Waals surface area contributed by atoms with Gasteiger partial charge in [0, 0.05) is 97.2 Å². The molecule has 43 heavy (non-hydrogen) atoms. The molecule has 0 saturated carbocycles. The monoisotopic (exact) mass is 630 g/mol. The Kier molecular flexibility index (Phi) is 20.7. The summed E-state index contributed by atoms with van der Waals surface area (Å²) in [7, 11) is -4.26. The van der Waals surface area contributed by atoms with E-state index < -0.39 is 19.5 Å². The lowest BCUT2D eigenvalue weighted by atomic mass is 10.1. The van der Waals surface area contributed by atoms with E-state index in [2.05, 4.69) is 5.09 Å². The van der Waals surface area contributed by atoms with Crippen LogP contribution in [0.15, 0.2) is 0 Å². The predicted molar refractivity (Wildman–Crippen MR) is 162 cm³/mol. The van der Waals surface area contributed by atoms with Crippen LogP contribution >= 0.6 is 7.67 Å². The minimum Gasteiger partial charge on any atom is -0.342 e. The van der Waals surface area contributed by atoms with E-state index in [-0.39, 0.29) is 120 Å². The van der Waals surface area contributed by atoms with Crippen molar-refractivity contribution in [2.45, 2.75) is 98.8 Å². The van der Waals surface area contributed by atoms with Crippen LogP contribution in [0.25, 0.3) is 0 Å². The third-order valence-corrected chi connectivity index (χ3v) is 8.47. The van der Waals surface area contributed by atoms with Crippen molar-refractivity contribution in [1.29, 1.82) is 0 Å². The quantitative estimate of drug-likeness (QED) is 0.106. The number of nitrogens with zero attached hydrogens (tertiary/aromatic N) is 3. The number of carbonyl (C=O) groups excluding carboxylic acids is 7. The van der Waals surface area contributed by atoms with Gasteiger partial charge in [0.15, 0.2) is 0 Å². The molecule has 246 valence electrons. The van der Waals surface area contributed by atoms with Gasteiger partial charge in [-0.15, -0.1) is 0 Å². The van der Waals surface area contributed by atoms with Gasteiger partial charge in [-0.1, -0.05) is 6.92 Å². The smallest absolute Gasteiger partial charge is 0.340 e. The molecule has 0 aliphatic heterocycles. The number of Topliss-reactive ketones (excluding diaryl/α,β-unsaturated/α-hetero) is 5. The van der Waals surface area contributed by atoms with Gasteiger partial charge >= 0.3 is 7.67 Å². The Hall–Kier alpha value is -2.60. The average molecular weight is 631 g/mol. The van der Waals surface area contributed by atoms with Gasteiger partial charge in [-0.2, -0.15) is 0 Å². The highest BCUT2D eigenvalue weighted by molar-refractivity contribution is 7.53. The molecule has 0 aromatic rings. The molecular formula is C29H51N4O9P. The van der Waals surface area contributed by atoms with Crippen LogP contribution in [0.3, 0.4) is 0 Å². The molecule has 0 saturated heterocycles. The Balaban J connectivity index is 5.67. The minimum atomic E-state index is -4.26. The summed E-state index contributed by atoms with van der Waals surface area (Å²) in [4.78, 5) is 97.6. The van der Waals surface area contributed by atoms with Crippen molar-refractivity contribution in [2.75, 3.05) is 45.8 Å². The van der Waals surface area contributed by atoms with E-state index in [0.717, 1.165) is 4.67 Å². The van der Waals surface area contributed by atoms with E-state index in [1.54, 1.807) is 0 Å². The predicted octanol–water partition coefficient (Wildman–Crippen LogP) is 2.48. The van der Waals surface area contributed by atoms with E-state index in [0.29, 0.717) is 19.3 Å². The molecule has 0 aromatic carbocycles. The normalized spacial score (nSPS) is 12.4. The second kappa shape index (κ2) is 22.0. The minimum absolute atomic E-state index is 0.0533. The van der Waals surface area contributed by atoms with Gasteiger partial charge in [-0.05, 0) is 40.5 Å². The second-order valence-corrected chi connectivity index (χ2v) is 12.8. The summed E-state index contributed by atoms with van der Waals surface area (Å²) in [6, 6.07) is 0. The fourth-order valence-corrected chi connectivity index (χ4v) is 5.45. The topological polar surface area (TPSA) is 179 Å². The summed E-state index contributed by atoms with van der Waals surface area (Å²) in [5.41, 5.74) is 0. The highest BCUT2D eigenvalue weighted by Gasteiger charge is 2.30. The van der Waals surface area contributed by atoms with Gasteiger partial charge in [0.1, 0.15) is 28.9 Å². The van der Waals surface area contributed by atoms with Crippen LogP contribution in [-0.2, 0) is 38.1 Å². The van der Waals surface area contributed by atoms with E-state index in [1.165, 1.54) is 37.5 Å². The summed E-state index contributed by atoms with van der Waals surface area (Å²) in [6.45, 7) is 7.60. The van der Waals surface area contributed by atoms with Crippen LogP contribution < -0.4 is 5.09 Å². The van der Waals surface area contributed by atoms with Gasteiger partial charge in [-0.25, -0.2) is 9.76 Å². The Morgan fingerprint density at radius 1 is 0.581 bits per heavy atom. The van der Waals surface area contributed by atoms with Crippen molar-refractivity contribution in [2.24, 2.45) is 0 Å². The lowest BCUT2D eigenvalue weighted by Gasteiger charge is -2.30. The molecule has 0 bridgehead atoms. The van der Waals surface area contributed by atoms with Crippen molar-refractivity contribution in [1.82, 2.24) is 19.6 Å². The maximum Gasteiger partial charge on any atom is 0.340 e.